The largest absolute Gasteiger partial charge is 0.305 e. The minimum absolute atomic E-state index is 0.00139. The highest BCUT2D eigenvalue weighted by molar-refractivity contribution is 6.30. The number of anilines is 1. The predicted octanol–water partition coefficient (Wildman–Crippen LogP) is 5.11. The van der Waals surface area contributed by atoms with Gasteiger partial charge in [-0.1, -0.05) is 60.7 Å². The summed E-state index contributed by atoms with van der Waals surface area (Å²) in [4.78, 5) is 26.2. The van der Waals surface area contributed by atoms with Crippen molar-refractivity contribution in [3.05, 3.63) is 106 Å². The lowest BCUT2D eigenvalue weighted by Crippen LogP contribution is -2.36. The van der Waals surface area contributed by atoms with Crippen molar-refractivity contribution in [2.24, 2.45) is 0 Å². The molecule has 0 saturated carbocycles. The van der Waals surface area contributed by atoms with E-state index in [0.717, 1.165) is 23.2 Å². The van der Waals surface area contributed by atoms with Gasteiger partial charge in [0.25, 0.3) is 11.6 Å². The van der Waals surface area contributed by atoms with Gasteiger partial charge in [-0.3, -0.25) is 14.9 Å². The van der Waals surface area contributed by atoms with Gasteiger partial charge in [0.2, 0.25) is 0 Å². The van der Waals surface area contributed by atoms with Crippen molar-refractivity contribution in [2.75, 3.05) is 4.90 Å². The molecule has 5 heteroatoms. The van der Waals surface area contributed by atoms with Crippen molar-refractivity contribution in [3.8, 4) is 0 Å². The van der Waals surface area contributed by atoms with E-state index in [1.54, 1.807) is 18.2 Å². The summed E-state index contributed by atoms with van der Waals surface area (Å²) in [5, 5.41) is 11.1. The van der Waals surface area contributed by atoms with Crippen LogP contribution < -0.4 is 4.90 Å². The number of non-ortho nitro benzene ring substituents is 1. The van der Waals surface area contributed by atoms with Gasteiger partial charge in [-0.15, -0.1) is 0 Å². The molecule has 144 valence electrons. The molecule has 1 unspecified atom stereocenters. The number of amides is 1. The highest BCUT2D eigenvalue weighted by Crippen LogP contribution is 2.35. The molecule has 3 aromatic rings. The van der Waals surface area contributed by atoms with Gasteiger partial charge in [0.15, 0.2) is 0 Å². The van der Waals surface area contributed by atoms with Crippen LogP contribution in [0.2, 0.25) is 0 Å². The molecule has 3 aromatic carbocycles. The highest BCUT2D eigenvalue weighted by Gasteiger charge is 2.32. The maximum Gasteiger partial charge on any atom is 0.270 e. The Morgan fingerprint density at radius 1 is 1.03 bits per heavy atom. The molecule has 1 aliphatic rings. The van der Waals surface area contributed by atoms with E-state index >= 15 is 0 Å². The van der Waals surface area contributed by atoms with Gasteiger partial charge in [0.1, 0.15) is 0 Å². The number of fused-ring (bicyclic) bond motifs is 1. The van der Waals surface area contributed by atoms with Crippen molar-refractivity contribution < 1.29 is 9.72 Å². The maximum absolute atomic E-state index is 13.7. The van der Waals surface area contributed by atoms with Gasteiger partial charge in [0, 0.05) is 29.4 Å². The van der Waals surface area contributed by atoms with E-state index in [2.05, 4.69) is 0 Å². The Balaban J connectivity index is 1.81. The number of nitro benzene ring substituents is 1. The van der Waals surface area contributed by atoms with E-state index in [-0.39, 0.29) is 17.6 Å². The summed E-state index contributed by atoms with van der Waals surface area (Å²) in [5.41, 5.74) is 3.97. The molecule has 4 rings (SSSR count). The molecule has 5 nitrogen and oxygen atoms in total. The van der Waals surface area contributed by atoms with Crippen molar-refractivity contribution in [3.63, 3.8) is 0 Å². The molecule has 0 N–H and O–H groups in total. The summed E-state index contributed by atoms with van der Waals surface area (Å²) in [6.45, 7) is 2.04. The Labute approximate surface area is 169 Å². The van der Waals surface area contributed by atoms with E-state index < -0.39 is 4.92 Å². The fraction of sp³-hybridized carbons (Fsp3) is 0.125. The Hall–Kier alpha value is -3.73. The third-order valence-corrected chi connectivity index (χ3v) is 5.13. The molecule has 0 aliphatic carbocycles. The fourth-order valence-electron chi connectivity index (χ4n) is 3.79. The summed E-state index contributed by atoms with van der Waals surface area (Å²) in [6, 6.07) is 23.7. The molecule has 0 saturated heterocycles. The van der Waals surface area contributed by atoms with Crippen LogP contribution in [0.25, 0.3) is 11.6 Å². The minimum atomic E-state index is -0.430. The Bertz CT molecular complexity index is 1110. The number of nitro groups is 1. The lowest BCUT2D eigenvalue weighted by Gasteiger charge is -2.24. The fourth-order valence-corrected chi connectivity index (χ4v) is 3.79. The second kappa shape index (κ2) is 7.72. The monoisotopic (exact) mass is 384 g/mol. The first kappa shape index (κ1) is 18.6. The van der Waals surface area contributed by atoms with E-state index in [1.165, 1.54) is 12.1 Å². The SMILES string of the molecule is CC1Cc2ccccc2N1C(=O)/C(=C/c1cccc([N+](=O)[O-])c1)c1ccccc1. The van der Waals surface area contributed by atoms with Crippen LogP contribution >= 0.6 is 0 Å². The summed E-state index contributed by atoms with van der Waals surface area (Å²) in [5.74, 6) is -0.111. The normalized spacial score (nSPS) is 15.8. The Morgan fingerprint density at radius 2 is 1.76 bits per heavy atom. The van der Waals surface area contributed by atoms with Crippen molar-refractivity contribution in [1.29, 1.82) is 0 Å². The first-order valence-electron chi connectivity index (χ1n) is 9.47. The van der Waals surface area contributed by atoms with Crippen LogP contribution in [0.5, 0.6) is 0 Å². The van der Waals surface area contributed by atoms with Crippen LogP contribution in [0.3, 0.4) is 0 Å². The standard InChI is InChI=1S/C24H20N2O3/c1-17-14-20-11-5-6-13-23(20)25(17)24(27)22(19-9-3-2-4-10-19)16-18-8-7-12-21(15-18)26(28)29/h2-13,15-17H,14H2,1H3/b22-16+. The van der Waals surface area contributed by atoms with Crippen LogP contribution in [0.4, 0.5) is 11.4 Å². The Morgan fingerprint density at radius 3 is 2.52 bits per heavy atom. The lowest BCUT2D eigenvalue weighted by molar-refractivity contribution is -0.384. The zero-order chi connectivity index (χ0) is 20.4. The first-order chi connectivity index (χ1) is 14.0. The van der Waals surface area contributed by atoms with Crippen LogP contribution in [-0.4, -0.2) is 16.9 Å². The first-order valence-corrected chi connectivity index (χ1v) is 9.47. The van der Waals surface area contributed by atoms with E-state index in [1.807, 2.05) is 66.4 Å². The number of hydrogen-bond donors (Lipinski definition) is 0. The number of rotatable bonds is 4. The zero-order valence-electron chi connectivity index (χ0n) is 16.0. The molecule has 0 bridgehead atoms. The van der Waals surface area contributed by atoms with Gasteiger partial charge in [0.05, 0.1) is 4.92 Å². The molecule has 1 atom stereocenters. The second-order valence-electron chi connectivity index (χ2n) is 7.13. The molecule has 0 radical (unpaired) electrons. The Kier molecular flexibility index (Phi) is 4.96. The van der Waals surface area contributed by atoms with E-state index in [0.29, 0.717) is 11.1 Å². The average molecular weight is 384 g/mol. The molecular formula is C24H20N2O3. The quantitative estimate of drug-likeness (QED) is 0.272. The third-order valence-electron chi connectivity index (χ3n) is 5.13. The number of nitrogens with zero attached hydrogens (tertiary/aromatic N) is 2. The molecule has 0 spiro atoms. The van der Waals surface area contributed by atoms with Gasteiger partial charge in [-0.05, 0) is 42.2 Å². The smallest absolute Gasteiger partial charge is 0.270 e. The average Bonchev–Trinajstić information content (AvgIpc) is 3.08. The van der Waals surface area contributed by atoms with Gasteiger partial charge in [-0.2, -0.15) is 0 Å². The van der Waals surface area contributed by atoms with Gasteiger partial charge < -0.3 is 4.90 Å². The summed E-state index contributed by atoms with van der Waals surface area (Å²) in [6.07, 6.45) is 2.54. The van der Waals surface area contributed by atoms with Gasteiger partial charge >= 0.3 is 0 Å². The maximum atomic E-state index is 13.7. The number of hydrogen-bond acceptors (Lipinski definition) is 3. The van der Waals surface area contributed by atoms with Crippen molar-refractivity contribution >= 4 is 28.9 Å². The van der Waals surface area contributed by atoms with Crippen LogP contribution in [0.1, 0.15) is 23.6 Å². The van der Waals surface area contributed by atoms with E-state index in [4.69, 9.17) is 0 Å². The molecule has 1 heterocycles. The zero-order valence-corrected chi connectivity index (χ0v) is 16.0. The van der Waals surface area contributed by atoms with Crippen LogP contribution in [0.15, 0.2) is 78.9 Å². The lowest BCUT2D eigenvalue weighted by atomic mass is 10.0. The van der Waals surface area contributed by atoms with Gasteiger partial charge in [-0.25, -0.2) is 0 Å². The molecule has 0 aromatic heterocycles. The number of carbonyl (C=O) groups excluding carboxylic acids is 1. The molecular weight excluding hydrogens is 364 g/mol. The molecule has 0 fully saturated rings. The van der Waals surface area contributed by atoms with Crippen LogP contribution in [-0.2, 0) is 11.2 Å². The van der Waals surface area contributed by atoms with E-state index in [9.17, 15) is 14.9 Å². The number of para-hydroxylation sites is 1. The van der Waals surface area contributed by atoms with Crippen LogP contribution in [0, 0.1) is 10.1 Å². The third kappa shape index (κ3) is 3.67. The summed E-state index contributed by atoms with van der Waals surface area (Å²) >= 11 is 0. The summed E-state index contributed by atoms with van der Waals surface area (Å²) < 4.78 is 0. The molecule has 29 heavy (non-hydrogen) atoms. The second-order valence-corrected chi connectivity index (χ2v) is 7.13. The predicted molar refractivity (Wildman–Crippen MR) is 115 cm³/mol. The summed E-state index contributed by atoms with van der Waals surface area (Å²) in [7, 11) is 0. The molecule has 1 aliphatic heterocycles. The van der Waals surface area contributed by atoms with Crippen molar-refractivity contribution in [2.45, 2.75) is 19.4 Å². The van der Waals surface area contributed by atoms with Crippen molar-refractivity contribution in [1.82, 2.24) is 0 Å². The molecule has 1 amide bonds. The number of carbonyl (C=O) groups is 1. The highest BCUT2D eigenvalue weighted by atomic mass is 16.6. The minimum Gasteiger partial charge on any atom is -0.305 e. The number of benzene rings is 3. The topological polar surface area (TPSA) is 63.5 Å².